The maximum absolute atomic E-state index is 13.5. The van der Waals surface area contributed by atoms with Crippen LogP contribution in [0.25, 0.3) is 0 Å². The van der Waals surface area contributed by atoms with E-state index in [9.17, 15) is 13.2 Å². The molecule has 0 amide bonds. The topological polar surface area (TPSA) is 24.9 Å². The maximum Gasteiger partial charge on any atom is 0.168 e. The zero-order chi connectivity index (χ0) is 13.1. The van der Waals surface area contributed by atoms with E-state index in [1.165, 1.54) is 25.2 Å². The Morgan fingerprint density at radius 1 is 1.11 bits per heavy atom. The van der Waals surface area contributed by atoms with Gasteiger partial charge in [0.05, 0.1) is 0 Å². The van der Waals surface area contributed by atoms with Crippen LogP contribution in [0.5, 0.6) is 0 Å². The van der Waals surface area contributed by atoms with E-state index < -0.39 is 17.5 Å². The predicted molar refractivity (Wildman–Crippen MR) is 64.2 cm³/mol. The van der Waals surface area contributed by atoms with E-state index in [0.29, 0.717) is 4.90 Å². The van der Waals surface area contributed by atoms with Gasteiger partial charge < -0.3 is 5.32 Å². The fourth-order valence-corrected chi connectivity index (χ4v) is 2.17. The lowest BCUT2D eigenvalue weighted by Crippen LogP contribution is -1.99. The average molecular weight is 270 g/mol. The van der Waals surface area contributed by atoms with Crippen LogP contribution in [0.15, 0.2) is 40.3 Å². The first-order valence-electron chi connectivity index (χ1n) is 5.07. The molecule has 2 aromatic rings. The van der Waals surface area contributed by atoms with Crippen LogP contribution in [0.4, 0.5) is 19.0 Å². The number of halogens is 3. The van der Waals surface area contributed by atoms with Crippen molar-refractivity contribution in [3.8, 4) is 0 Å². The summed E-state index contributed by atoms with van der Waals surface area (Å²) in [6, 6.07) is 6.43. The summed E-state index contributed by atoms with van der Waals surface area (Å²) in [4.78, 5) is 4.29. The van der Waals surface area contributed by atoms with Gasteiger partial charge in [-0.25, -0.2) is 18.2 Å². The second-order valence-corrected chi connectivity index (χ2v) is 4.48. The fourth-order valence-electron chi connectivity index (χ4n) is 1.34. The Kier molecular flexibility index (Phi) is 3.76. The van der Waals surface area contributed by atoms with Crippen molar-refractivity contribution in [2.75, 3.05) is 12.4 Å². The average Bonchev–Trinajstić information content (AvgIpc) is 2.33. The van der Waals surface area contributed by atoms with Crippen LogP contribution in [0.1, 0.15) is 0 Å². The van der Waals surface area contributed by atoms with Crippen molar-refractivity contribution in [1.29, 1.82) is 0 Å². The highest BCUT2D eigenvalue weighted by Crippen LogP contribution is 2.30. The van der Waals surface area contributed by atoms with Crippen molar-refractivity contribution in [2.24, 2.45) is 0 Å². The molecule has 0 saturated heterocycles. The Balaban J connectivity index is 2.34. The van der Waals surface area contributed by atoms with Crippen molar-refractivity contribution in [2.45, 2.75) is 9.92 Å². The van der Waals surface area contributed by atoms with Crippen molar-refractivity contribution >= 4 is 17.6 Å². The Hall–Kier alpha value is -1.69. The van der Waals surface area contributed by atoms with Gasteiger partial charge in [-0.3, -0.25) is 0 Å². The van der Waals surface area contributed by atoms with Crippen LogP contribution in [0, 0.1) is 17.5 Å². The number of pyridine rings is 1. The Labute approximate surface area is 106 Å². The largest absolute Gasteiger partial charge is 0.371 e. The van der Waals surface area contributed by atoms with Gasteiger partial charge in [-0.2, -0.15) is 0 Å². The molecule has 1 aromatic carbocycles. The summed E-state index contributed by atoms with van der Waals surface area (Å²) in [5.74, 6) is -2.01. The Morgan fingerprint density at radius 2 is 1.89 bits per heavy atom. The number of hydrogen-bond acceptors (Lipinski definition) is 3. The molecule has 0 atom stereocenters. The number of hydrogen-bond donors (Lipinski definition) is 1. The molecule has 0 radical (unpaired) electrons. The van der Waals surface area contributed by atoms with Gasteiger partial charge in [-0.05, 0) is 18.2 Å². The van der Waals surface area contributed by atoms with Crippen molar-refractivity contribution in [3.63, 3.8) is 0 Å². The predicted octanol–water partition coefficient (Wildman–Crippen LogP) is 3.69. The molecule has 0 aliphatic heterocycles. The lowest BCUT2D eigenvalue weighted by Gasteiger charge is -2.06. The molecule has 2 rings (SSSR count). The number of nitrogens with one attached hydrogen (secondary N) is 1. The SMILES string of the molecule is CNc1nc(Sc2cccc(F)c2)c(F)cc1F. The van der Waals surface area contributed by atoms with E-state index >= 15 is 0 Å². The molecule has 1 heterocycles. The van der Waals surface area contributed by atoms with E-state index in [1.54, 1.807) is 6.07 Å². The van der Waals surface area contributed by atoms with Gasteiger partial charge in [0.2, 0.25) is 0 Å². The van der Waals surface area contributed by atoms with Crippen LogP contribution >= 0.6 is 11.8 Å². The molecule has 0 aliphatic carbocycles. The number of aromatic nitrogens is 1. The summed E-state index contributed by atoms with van der Waals surface area (Å²) >= 11 is 0.934. The normalized spacial score (nSPS) is 10.4. The van der Waals surface area contributed by atoms with Gasteiger partial charge in [0.15, 0.2) is 17.5 Å². The number of anilines is 1. The summed E-state index contributed by atoms with van der Waals surface area (Å²) in [6.45, 7) is 0. The lowest BCUT2D eigenvalue weighted by molar-refractivity contribution is 0.551. The monoisotopic (exact) mass is 270 g/mol. The molecule has 0 unspecified atom stereocenters. The van der Waals surface area contributed by atoms with Gasteiger partial charge in [-0.15, -0.1) is 0 Å². The first-order chi connectivity index (χ1) is 8.60. The molecule has 1 aromatic heterocycles. The van der Waals surface area contributed by atoms with Crippen LogP contribution < -0.4 is 5.32 Å². The third-order valence-electron chi connectivity index (χ3n) is 2.14. The van der Waals surface area contributed by atoms with E-state index in [2.05, 4.69) is 10.3 Å². The van der Waals surface area contributed by atoms with Crippen molar-refractivity contribution in [3.05, 3.63) is 47.8 Å². The van der Waals surface area contributed by atoms with Gasteiger partial charge >= 0.3 is 0 Å². The molecule has 0 saturated carbocycles. The highest BCUT2D eigenvalue weighted by atomic mass is 32.2. The zero-order valence-corrected chi connectivity index (χ0v) is 10.2. The van der Waals surface area contributed by atoms with Crippen molar-refractivity contribution < 1.29 is 13.2 Å². The summed E-state index contributed by atoms with van der Waals surface area (Å²) in [6.07, 6.45) is 0. The molecule has 6 heteroatoms. The summed E-state index contributed by atoms with van der Waals surface area (Å²) in [5, 5.41) is 2.51. The number of benzene rings is 1. The first kappa shape index (κ1) is 12.8. The van der Waals surface area contributed by atoms with E-state index in [4.69, 9.17) is 0 Å². The van der Waals surface area contributed by atoms with Gasteiger partial charge in [0.25, 0.3) is 0 Å². The molecule has 0 spiro atoms. The second kappa shape index (κ2) is 5.30. The quantitative estimate of drug-likeness (QED) is 0.920. The zero-order valence-electron chi connectivity index (χ0n) is 9.38. The number of nitrogens with zero attached hydrogens (tertiary/aromatic N) is 1. The van der Waals surface area contributed by atoms with Crippen LogP contribution in [0.2, 0.25) is 0 Å². The summed E-state index contributed by atoms with van der Waals surface area (Å²) < 4.78 is 39.7. The molecule has 0 bridgehead atoms. The molecular weight excluding hydrogens is 261 g/mol. The smallest absolute Gasteiger partial charge is 0.168 e. The summed E-state index contributed by atoms with van der Waals surface area (Å²) in [5.41, 5.74) is 0. The van der Waals surface area contributed by atoms with Gasteiger partial charge in [0, 0.05) is 18.0 Å². The molecular formula is C12H9F3N2S. The third-order valence-corrected chi connectivity index (χ3v) is 3.11. The highest BCUT2D eigenvalue weighted by Gasteiger charge is 2.12. The molecule has 2 nitrogen and oxygen atoms in total. The van der Waals surface area contributed by atoms with E-state index in [-0.39, 0.29) is 10.8 Å². The molecule has 1 N–H and O–H groups in total. The van der Waals surface area contributed by atoms with E-state index in [0.717, 1.165) is 17.8 Å². The van der Waals surface area contributed by atoms with E-state index in [1.807, 2.05) is 0 Å². The highest BCUT2D eigenvalue weighted by molar-refractivity contribution is 7.99. The molecule has 0 fully saturated rings. The Bertz CT molecular complexity index is 575. The van der Waals surface area contributed by atoms with Crippen molar-refractivity contribution in [1.82, 2.24) is 4.98 Å². The van der Waals surface area contributed by atoms with Gasteiger partial charge in [0.1, 0.15) is 10.8 Å². The minimum Gasteiger partial charge on any atom is -0.371 e. The van der Waals surface area contributed by atoms with Crippen LogP contribution in [0.3, 0.4) is 0 Å². The summed E-state index contributed by atoms with van der Waals surface area (Å²) in [7, 11) is 1.49. The fraction of sp³-hybridized carbons (Fsp3) is 0.0833. The van der Waals surface area contributed by atoms with Crippen LogP contribution in [-0.4, -0.2) is 12.0 Å². The molecule has 18 heavy (non-hydrogen) atoms. The number of rotatable bonds is 3. The van der Waals surface area contributed by atoms with Gasteiger partial charge in [-0.1, -0.05) is 17.8 Å². The lowest BCUT2D eigenvalue weighted by atomic mass is 10.4. The molecule has 94 valence electrons. The Morgan fingerprint density at radius 3 is 2.56 bits per heavy atom. The third kappa shape index (κ3) is 2.76. The second-order valence-electron chi connectivity index (χ2n) is 3.42. The minimum atomic E-state index is -0.777. The first-order valence-corrected chi connectivity index (χ1v) is 5.89. The molecule has 0 aliphatic rings. The standard InChI is InChI=1S/C12H9F3N2S/c1-16-11-9(14)6-10(15)12(17-11)18-8-4-2-3-7(13)5-8/h2-6H,1H3,(H,16,17). The van der Waals surface area contributed by atoms with Crippen LogP contribution in [-0.2, 0) is 0 Å². The maximum atomic E-state index is 13.5. The minimum absolute atomic E-state index is 0.00801.